The monoisotopic (exact) mass is 802 g/mol. The van der Waals surface area contributed by atoms with Crippen LogP contribution in [0, 0.1) is 0 Å². The Morgan fingerprint density at radius 2 is 0.651 bits per heavy atom. The molecular formula is C59H38N4. The van der Waals surface area contributed by atoms with Crippen LogP contribution in [0.15, 0.2) is 231 Å². The maximum atomic E-state index is 5.43. The SMILES string of the molecule is c1ccc(-c2cc(-c3ccccc3)cc(-c3nc(-c4ccccc4)nc(-c4cc(-c5cc6ccccc6c6ccccc56)cc(-n5c6ccccc6c6ccccc65)c4)n3)c2)cc1. The minimum absolute atomic E-state index is 0.596. The van der Waals surface area contributed by atoms with E-state index in [2.05, 4.69) is 217 Å². The highest BCUT2D eigenvalue weighted by molar-refractivity contribution is 6.14. The van der Waals surface area contributed by atoms with E-state index in [0.29, 0.717) is 17.5 Å². The molecule has 10 aromatic carbocycles. The van der Waals surface area contributed by atoms with E-state index in [-0.39, 0.29) is 0 Å². The van der Waals surface area contributed by atoms with Crippen molar-refractivity contribution in [2.75, 3.05) is 0 Å². The van der Waals surface area contributed by atoms with Crippen molar-refractivity contribution in [2.45, 2.75) is 0 Å². The largest absolute Gasteiger partial charge is 0.309 e. The number of aromatic nitrogens is 4. The second-order valence-electron chi connectivity index (χ2n) is 16.0. The highest BCUT2D eigenvalue weighted by atomic mass is 15.0. The number of hydrogen-bond acceptors (Lipinski definition) is 3. The molecule has 0 spiro atoms. The summed E-state index contributed by atoms with van der Waals surface area (Å²) < 4.78 is 2.39. The zero-order valence-electron chi connectivity index (χ0n) is 34.2. The number of fused-ring (bicyclic) bond motifs is 6. The van der Waals surface area contributed by atoms with Gasteiger partial charge in [0.1, 0.15) is 0 Å². The minimum Gasteiger partial charge on any atom is -0.309 e. The number of nitrogens with zero attached hydrogens (tertiary/aromatic N) is 4. The quantitative estimate of drug-likeness (QED) is 0.151. The number of benzene rings is 10. The fraction of sp³-hybridized carbons (Fsp3) is 0. The standard InChI is InChI=1S/C59H38N4/c1-4-18-39(19-5-1)43-32-44(40-20-6-2-7-21-40)34-46(33-43)58-60-57(41-22-8-3-9-23-41)61-59(62-58)47-35-45(54-38-42-24-10-11-25-49(42)50-26-12-13-27-51(50)54)36-48(37-47)63-55-30-16-14-28-52(55)53-29-15-17-31-56(53)63/h1-38H. The Kier molecular flexibility index (Phi) is 8.79. The molecule has 2 aromatic heterocycles. The Hall–Kier alpha value is -8.47. The topological polar surface area (TPSA) is 43.6 Å². The average Bonchev–Trinajstić information content (AvgIpc) is 3.71. The van der Waals surface area contributed by atoms with Crippen LogP contribution in [-0.4, -0.2) is 19.5 Å². The van der Waals surface area contributed by atoms with E-state index in [4.69, 9.17) is 15.0 Å². The van der Waals surface area contributed by atoms with Gasteiger partial charge in [0, 0.05) is 33.2 Å². The van der Waals surface area contributed by atoms with Gasteiger partial charge in [-0.15, -0.1) is 0 Å². The Balaban J connectivity index is 1.15. The molecule has 0 saturated carbocycles. The van der Waals surface area contributed by atoms with E-state index in [0.717, 1.165) is 66.8 Å². The lowest BCUT2D eigenvalue weighted by atomic mass is 9.92. The first-order valence-electron chi connectivity index (χ1n) is 21.3. The predicted octanol–water partition coefficient (Wildman–Crippen LogP) is 15.3. The molecule has 0 saturated heterocycles. The maximum Gasteiger partial charge on any atom is 0.164 e. The van der Waals surface area contributed by atoms with Crippen molar-refractivity contribution >= 4 is 43.4 Å². The fourth-order valence-corrected chi connectivity index (χ4v) is 9.22. The van der Waals surface area contributed by atoms with Crippen molar-refractivity contribution in [1.29, 1.82) is 0 Å². The van der Waals surface area contributed by atoms with E-state index >= 15 is 0 Å². The van der Waals surface area contributed by atoms with Crippen LogP contribution in [0.4, 0.5) is 0 Å². The molecule has 4 heteroatoms. The molecule has 63 heavy (non-hydrogen) atoms. The molecule has 0 atom stereocenters. The highest BCUT2D eigenvalue weighted by Crippen LogP contribution is 2.40. The minimum atomic E-state index is 0.596. The summed E-state index contributed by atoms with van der Waals surface area (Å²) in [6.45, 7) is 0. The molecule has 4 nitrogen and oxygen atoms in total. The third-order valence-corrected chi connectivity index (χ3v) is 12.2. The summed E-state index contributed by atoms with van der Waals surface area (Å²) >= 11 is 0. The maximum absolute atomic E-state index is 5.43. The van der Waals surface area contributed by atoms with Gasteiger partial charge in [-0.1, -0.05) is 176 Å². The van der Waals surface area contributed by atoms with Crippen LogP contribution in [0.5, 0.6) is 0 Å². The first kappa shape index (κ1) is 36.4. The van der Waals surface area contributed by atoms with Gasteiger partial charge < -0.3 is 4.57 Å². The second kappa shape index (κ2) is 15.2. The van der Waals surface area contributed by atoms with Crippen molar-refractivity contribution in [3.63, 3.8) is 0 Å². The zero-order chi connectivity index (χ0) is 41.7. The van der Waals surface area contributed by atoms with Crippen molar-refractivity contribution < 1.29 is 0 Å². The van der Waals surface area contributed by atoms with Crippen LogP contribution >= 0.6 is 0 Å². The van der Waals surface area contributed by atoms with Gasteiger partial charge in [0.2, 0.25) is 0 Å². The molecule has 0 aliphatic heterocycles. The van der Waals surface area contributed by atoms with Gasteiger partial charge in [-0.3, -0.25) is 0 Å². The van der Waals surface area contributed by atoms with Gasteiger partial charge in [0.05, 0.1) is 11.0 Å². The van der Waals surface area contributed by atoms with Crippen LogP contribution in [-0.2, 0) is 0 Å². The first-order valence-corrected chi connectivity index (χ1v) is 21.3. The van der Waals surface area contributed by atoms with Gasteiger partial charge in [0.15, 0.2) is 17.5 Å². The third kappa shape index (κ3) is 6.53. The van der Waals surface area contributed by atoms with Crippen molar-refractivity contribution in [1.82, 2.24) is 19.5 Å². The summed E-state index contributed by atoms with van der Waals surface area (Å²) in [5.41, 5.74) is 12.7. The molecule has 0 aliphatic carbocycles. The zero-order valence-corrected chi connectivity index (χ0v) is 34.2. The van der Waals surface area contributed by atoms with Crippen LogP contribution in [0.3, 0.4) is 0 Å². The Morgan fingerprint density at radius 1 is 0.254 bits per heavy atom. The summed E-state index contributed by atoms with van der Waals surface area (Å²) in [6.07, 6.45) is 0. The normalized spacial score (nSPS) is 11.5. The van der Waals surface area contributed by atoms with Gasteiger partial charge in [-0.2, -0.15) is 0 Å². The number of hydrogen-bond donors (Lipinski definition) is 0. The third-order valence-electron chi connectivity index (χ3n) is 12.2. The summed E-state index contributed by atoms with van der Waals surface area (Å²) in [6, 6.07) is 81.9. The van der Waals surface area contributed by atoms with E-state index in [1.54, 1.807) is 0 Å². The Morgan fingerprint density at radius 3 is 1.24 bits per heavy atom. The number of para-hydroxylation sites is 2. The highest BCUT2D eigenvalue weighted by Gasteiger charge is 2.20. The van der Waals surface area contributed by atoms with E-state index < -0.39 is 0 Å². The summed E-state index contributed by atoms with van der Waals surface area (Å²) in [5.74, 6) is 1.81. The molecule has 0 radical (unpaired) electrons. The molecule has 0 aliphatic rings. The van der Waals surface area contributed by atoms with Gasteiger partial charge in [-0.05, 0) is 110 Å². The van der Waals surface area contributed by atoms with Crippen LogP contribution in [0.2, 0.25) is 0 Å². The average molecular weight is 803 g/mol. The number of rotatable bonds is 7. The van der Waals surface area contributed by atoms with Gasteiger partial charge in [-0.25, -0.2) is 15.0 Å². The molecule has 294 valence electrons. The summed E-state index contributed by atoms with van der Waals surface area (Å²) in [7, 11) is 0. The molecule has 0 unspecified atom stereocenters. The lowest BCUT2D eigenvalue weighted by Crippen LogP contribution is -2.02. The van der Waals surface area contributed by atoms with Crippen molar-refractivity contribution in [3.8, 4) is 73.2 Å². The molecule has 12 rings (SSSR count). The molecule has 0 amide bonds. The van der Waals surface area contributed by atoms with E-state index in [1.807, 2.05) is 18.2 Å². The summed E-state index contributed by atoms with van der Waals surface area (Å²) in [5, 5.41) is 7.24. The molecule has 0 fully saturated rings. The fourth-order valence-electron chi connectivity index (χ4n) is 9.22. The second-order valence-corrected chi connectivity index (χ2v) is 16.0. The molecule has 12 aromatic rings. The molecule has 0 N–H and O–H groups in total. The van der Waals surface area contributed by atoms with Crippen molar-refractivity contribution in [2.24, 2.45) is 0 Å². The molecular weight excluding hydrogens is 765 g/mol. The Bertz CT molecular complexity index is 3560. The van der Waals surface area contributed by atoms with E-state index in [1.165, 1.54) is 32.3 Å². The first-order chi connectivity index (χ1) is 31.2. The van der Waals surface area contributed by atoms with Crippen LogP contribution < -0.4 is 0 Å². The molecule has 2 heterocycles. The predicted molar refractivity (Wildman–Crippen MR) is 262 cm³/mol. The lowest BCUT2D eigenvalue weighted by molar-refractivity contribution is 1.07. The van der Waals surface area contributed by atoms with Crippen LogP contribution in [0.25, 0.3) is 117 Å². The Labute approximate surface area is 365 Å². The van der Waals surface area contributed by atoms with E-state index in [9.17, 15) is 0 Å². The van der Waals surface area contributed by atoms with Gasteiger partial charge in [0.25, 0.3) is 0 Å². The molecule has 0 bridgehead atoms. The van der Waals surface area contributed by atoms with Gasteiger partial charge >= 0.3 is 0 Å². The van der Waals surface area contributed by atoms with Crippen LogP contribution in [0.1, 0.15) is 0 Å². The lowest BCUT2D eigenvalue weighted by Gasteiger charge is -2.16. The van der Waals surface area contributed by atoms with Crippen molar-refractivity contribution in [3.05, 3.63) is 231 Å². The smallest absolute Gasteiger partial charge is 0.164 e. The summed E-state index contributed by atoms with van der Waals surface area (Å²) in [4.78, 5) is 16.0.